The van der Waals surface area contributed by atoms with Gasteiger partial charge in [-0.2, -0.15) is 0 Å². The van der Waals surface area contributed by atoms with Crippen LogP contribution < -0.4 is 4.52 Å². The number of unbranched alkanes of at least 4 members (excludes halogenated alkanes) is 6. The zero-order valence-corrected chi connectivity index (χ0v) is 14.2. The molecule has 0 saturated carbocycles. The van der Waals surface area contributed by atoms with Crippen LogP contribution in [0.3, 0.4) is 0 Å². The highest BCUT2D eigenvalue weighted by atomic mass is 31.2. The molecule has 1 atom stereocenters. The minimum atomic E-state index is -2.84. The van der Waals surface area contributed by atoms with Gasteiger partial charge in [-0.05, 0) is 36.5 Å². The Kier molecular flexibility index (Phi) is 9.62. The summed E-state index contributed by atoms with van der Waals surface area (Å²) < 4.78 is 17.6. The smallest absolute Gasteiger partial charge is 0.424 e. The van der Waals surface area contributed by atoms with Crippen LogP contribution in [0.1, 0.15) is 69.9 Å². The second-order valence-corrected chi connectivity index (χ2v) is 6.12. The third-order valence-electron chi connectivity index (χ3n) is 3.76. The number of aryl methyl sites for hydroxylation is 2. The Morgan fingerprint density at radius 2 is 1.71 bits per heavy atom. The Hall–Kier alpha value is -0.660. The first-order valence-corrected chi connectivity index (χ1v) is 9.22. The van der Waals surface area contributed by atoms with Crippen molar-refractivity contribution in [2.75, 3.05) is 0 Å². The van der Waals surface area contributed by atoms with E-state index < -0.39 is 8.69 Å². The zero-order chi connectivity index (χ0) is 15.5. The number of rotatable bonds is 11. The van der Waals surface area contributed by atoms with Gasteiger partial charge in [-0.15, -0.1) is 4.20 Å². The number of hydrogen-bond acceptors (Lipinski definition) is 2. The molecule has 4 heteroatoms. The van der Waals surface area contributed by atoms with E-state index in [0.29, 0.717) is 5.75 Å². The van der Waals surface area contributed by atoms with Crippen molar-refractivity contribution in [3.8, 4) is 5.75 Å². The van der Waals surface area contributed by atoms with E-state index in [2.05, 4.69) is 19.9 Å². The van der Waals surface area contributed by atoms with E-state index in [9.17, 15) is 4.20 Å². The van der Waals surface area contributed by atoms with Crippen LogP contribution >= 0.6 is 8.69 Å². The third-order valence-corrected chi connectivity index (χ3v) is 4.10. The van der Waals surface area contributed by atoms with Crippen LogP contribution in [-0.4, -0.2) is 4.89 Å². The average molecular weight is 314 g/mol. The lowest BCUT2D eigenvalue weighted by molar-refractivity contribution is 0.430. The van der Waals surface area contributed by atoms with Crippen LogP contribution in [0.4, 0.5) is 4.20 Å². The second-order valence-electron chi connectivity index (χ2n) is 5.48. The molecule has 0 heterocycles. The van der Waals surface area contributed by atoms with Crippen molar-refractivity contribution in [2.45, 2.75) is 71.6 Å². The van der Waals surface area contributed by atoms with Crippen LogP contribution in [-0.2, 0) is 12.8 Å². The largest absolute Gasteiger partial charge is 0.436 e. The molecule has 0 spiro atoms. The summed E-state index contributed by atoms with van der Waals surface area (Å²) >= 11 is 0. The maximum atomic E-state index is 12.7. The average Bonchev–Trinajstić information content (AvgIpc) is 2.47. The van der Waals surface area contributed by atoms with Gasteiger partial charge >= 0.3 is 8.69 Å². The van der Waals surface area contributed by atoms with Gasteiger partial charge in [0.25, 0.3) is 0 Å². The highest BCUT2D eigenvalue weighted by Crippen LogP contribution is 2.37. The molecular formula is C17H28FO2P. The van der Waals surface area contributed by atoms with E-state index >= 15 is 0 Å². The first kappa shape index (κ1) is 18.4. The van der Waals surface area contributed by atoms with Crippen LogP contribution in [0.25, 0.3) is 0 Å². The Morgan fingerprint density at radius 3 is 2.33 bits per heavy atom. The highest BCUT2D eigenvalue weighted by Gasteiger charge is 2.10. The fourth-order valence-electron chi connectivity index (χ4n) is 2.49. The molecule has 0 fully saturated rings. The SMILES string of the molecule is CCCCCCCCCc1cc(CC)ccc1OP(O)F. The first-order chi connectivity index (χ1) is 10.2. The van der Waals surface area contributed by atoms with Gasteiger partial charge in [-0.3, -0.25) is 0 Å². The number of benzene rings is 1. The fraction of sp³-hybridized carbons (Fsp3) is 0.647. The molecule has 0 aliphatic carbocycles. The number of halogens is 1. The molecule has 0 aliphatic heterocycles. The summed E-state index contributed by atoms with van der Waals surface area (Å²) in [6.45, 7) is 4.32. The molecule has 2 nitrogen and oxygen atoms in total. The quantitative estimate of drug-likeness (QED) is 0.394. The van der Waals surface area contributed by atoms with E-state index in [0.717, 1.165) is 24.8 Å². The summed E-state index contributed by atoms with van der Waals surface area (Å²) in [7, 11) is -2.84. The zero-order valence-electron chi connectivity index (χ0n) is 13.3. The molecule has 0 aliphatic rings. The van der Waals surface area contributed by atoms with Gasteiger partial charge in [0.1, 0.15) is 5.75 Å². The van der Waals surface area contributed by atoms with Crippen molar-refractivity contribution in [1.82, 2.24) is 0 Å². The monoisotopic (exact) mass is 314 g/mol. The summed E-state index contributed by atoms with van der Waals surface area (Å²) in [6, 6.07) is 5.79. The maximum Gasteiger partial charge on any atom is 0.436 e. The molecule has 1 rings (SSSR count). The minimum absolute atomic E-state index is 0.495. The molecule has 21 heavy (non-hydrogen) atoms. The van der Waals surface area contributed by atoms with Crippen LogP contribution in [0.5, 0.6) is 5.75 Å². The van der Waals surface area contributed by atoms with E-state index in [1.807, 2.05) is 6.07 Å². The van der Waals surface area contributed by atoms with Gasteiger partial charge in [0.2, 0.25) is 0 Å². The predicted octanol–water partition coefficient (Wildman–Crippen LogP) is 6.11. The van der Waals surface area contributed by atoms with Gasteiger partial charge in [-0.1, -0.05) is 64.5 Å². The van der Waals surface area contributed by atoms with Crippen LogP contribution in [0, 0.1) is 0 Å². The number of hydrogen-bond donors (Lipinski definition) is 1. The Morgan fingerprint density at radius 1 is 1.05 bits per heavy atom. The van der Waals surface area contributed by atoms with Crippen LogP contribution in [0.15, 0.2) is 18.2 Å². The molecule has 120 valence electrons. The standard InChI is InChI=1S/C17H28FO2P/c1-3-5-6-7-8-9-10-11-16-14-15(4-2)12-13-17(16)20-21(18)19/h12-14,19H,3-11H2,1-2H3. The van der Waals surface area contributed by atoms with Crippen molar-refractivity contribution < 1.29 is 13.6 Å². The van der Waals surface area contributed by atoms with Crippen LogP contribution in [0.2, 0.25) is 0 Å². The van der Waals surface area contributed by atoms with Crippen molar-refractivity contribution in [2.24, 2.45) is 0 Å². The maximum absolute atomic E-state index is 12.7. The minimum Gasteiger partial charge on any atom is -0.424 e. The summed E-state index contributed by atoms with van der Waals surface area (Å²) in [5.74, 6) is 0.495. The molecule has 0 radical (unpaired) electrons. The van der Waals surface area contributed by atoms with Crippen molar-refractivity contribution in [3.63, 3.8) is 0 Å². The summed E-state index contributed by atoms with van der Waals surface area (Å²) in [6.07, 6.45) is 10.6. The van der Waals surface area contributed by atoms with Gasteiger partial charge in [-0.25, -0.2) is 0 Å². The van der Waals surface area contributed by atoms with Crippen molar-refractivity contribution >= 4 is 8.69 Å². The molecule has 0 amide bonds. The van der Waals surface area contributed by atoms with Crippen molar-refractivity contribution in [1.29, 1.82) is 0 Å². The van der Waals surface area contributed by atoms with Gasteiger partial charge in [0.05, 0.1) is 0 Å². The molecule has 1 aromatic rings. The lowest BCUT2D eigenvalue weighted by atomic mass is 10.0. The summed E-state index contributed by atoms with van der Waals surface area (Å²) in [5, 5.41) is 0. The molecule has 0 aromatic heterocycles. The molecule has 1 N–H and O–H groups in total. The second kappa shape index (κ2) is 11.0. The lowest BCUT2D eigenvalue weighted by Crippen LogP contribution is -1.94. The fourth-order valence-corrected chi connectivity index (χ4v) is 2.83. The van der Waals surface area contributed by atoms with E-state index in [1.54, 1.807) is 6.07 Å². The van der Waals surface area contributed by atoms with E-state index in [-0.39, 0.29) is 0 Å². The lowest BCUT2D eigenvalue weighted by Gasteiger charge is -2.12. The topological polar surface area (TPSA) is 29.5 Å². The Balaban J connectivity index is 2.43. The summed E-state index contributed by atoms with van der Waals surface area (Å²) in [5.41, 5.74) is 2.24. The Bertz CT molecular complexity index is 396. The highest BCUT2D eigenvalue weighted by molar-refractivity contribution is 7.40. The molecular weight excluding hydrogens is 286 g/mol. The van der Waals surface area contributed by atoms with Gasteiger partial charge in [0, 0.05) is 0 Å². The first-order valence-electron chi connectivity index (χ1n) is 8.12. The summed E-state index contributed by atoms with van der Waals surface area (Å²) in [4.78, 5) is 8.82. The Labute approximate surface area is 129 Å². The molecule has 0 bridgehead atoms. The van der Waals surface area contributed by atoms with Crippen molar-refractivity contribution in [3.05, 3.63) is 29.3 Å². The van der Waals surface area contributed by atoms with Gasteiger partial charge in [0.15, 0.2) is 0 Å². The van der Waals surface area contributed by atoms with Gasteiger partial charge < -0.3 is 9.42 Å². The van der Waals surface area contributed by atoms with E-state index in [1.165, 1.54) is 44.1 Å². The molecule has 1 aromatic carbocycles. The van der Waals surface area contributed by atoms with E-state index in [4.69, 9.17) is 9.42 Å². The predicted molar refractivity (Wildman–Crippen MR) is 88.4 cm³/mol. The third kappa shape index (κ3) is 7.78. The molecule has 0 saturated heterocycles. The normalized spacial score (nSPS) is 12.4. The molecule has 1 unspecified atom stereocenters.